The average Bonchev–Trinajstić information content (AvgIpc) is 3.25. The Balaban J connectivity index is 0.00000208. The predicted molar refractivity (Wildman–Crippen MR) is 103 cm³/mol. The second-order valence-electron chi connectivity index (χ2n) is 5.27. The summed E-state index contributed by atoms with van der Waals surface area (Å²) in [6, 6.07) is 12.8. The Kier molecular flexibility index (Phi) is 7.30. The highest BCUT2D eigenvalue weighted by atomic mass is 35.5. The van der Waals surface area contributed by atoms with Gasteiger partial charge in [-0.3, -0.25) is 0 Å². The number of hydrogen-bond donors (Lipinski definition) is 1. The van der Waals surface area contributed by atoms with Crippen molar-refractivity contribution in [2.75, 3.05) is 7.05 Å². The molecule has 2 aromatic heterocycles. The Hall–Kier alpha value is -1.34. The van der Waals surface area contributed by atoms with Gasteiger partial charge in [-0.15, -0.1) is 35.5 Å². The van der Waals surface area contributed by atoms with Crippen LogP contribution < -0.4 is 5.32 Å². The number of thiophene rings is 1. The van der Waals surface area contributed by atoms with Crippen molar-refractivity contribution in [1.82, 2.24) is 15.5 Å². The van der Waals surface area contributed by atoms with Crippen molar-refractivity contribution in [2.45, 2.75) is 30.0 Å². The van der Waals surface area contributed by atoms with E-state index in [1.807, 2.05) is 25.2 Å². The molecule has 3 rings (SSSR count). The van der Waals surface area contributed by atoms with Crippen molar-refractivity contribution < 1.29 is 4.52 Å². The quantitative estimate of drug-likeness (QED) is 0.603. The van der Waals surface area contributed by atoms with Gasteiger partial charge in [0.25, 0.3) is 5.89 Å². The van der Waals surface area contributed by atoms with E-state index in [1.165, 1.54) is 4.88 Å². The molecule has 1 aromatic carbocycles. The van der Waals surface area contributed by atoms with Crippen LogP contribution in [0.1, 0.15) is 17.6 Å². The average molecular weight is 382 g/mol. The van der Waals surface area contributed by atoms with Crippen molar-refractivity contribution in [2.24, 2.45) is 0 Å². The van der Waals surface area contributed by atoms with Crippen molar-refractivity contribution >= 4 is 35.5 Å². The fourth-order valence-electron chi connectivity index (χ4n) is 2.13. The van der Waals surface area contributed by atoms with Gasteiger partial charge in [-0.2, -0.15) is 4.98 Å². The molecule has 0 aliphatic carbocycles. The summed E-state index contributed by atoms with van der Waals surface area (Å²) in [6.45, 7) is 2.10. The fourth-order valence-corrected chi connectivity index (χ4v) is 3.95. The summed E-state index contributed by atoms with van der Waals surface area (Å²) in [5.41, 5.74) is 1.00. The minimum Gasteiger partial charge on any atom is -0.334 e. The number of aromatic nitrogens is 2. The third-order valence-electron chi connectivity index (χ3n) is 3.52. The zero-order chi connectivity index (χ0) is 16.1. The zero-order valence-electron chi connectivity index (χ0n) is 13.6. The van der Waals surface area contributed by atoms with Crippen LogP contribution in [0.2, 0.25) is 0 Å². The van der Waals surface area contributed by atoms with Crippen molar-refractivity contribution in [3.8, 4) is 11.5 Å². The van der Waals surface area contributed by atoms with Crippen LogP contribution in [0, 0.1) is 0 Å². The maximum absolute atomic E-state index is 5.47. The SMILES string of the molecule is CNC(C)Cc1noc(-c2ccccc2SCc2cccs2)n1.Cl. The maximum Gasteiger partial charge on any atom is 0.259 e. The van der Waals surface area contributed by atoms with Gasteiger partial charge in [0, 0.05) is 28.0 Å². The monoisotopic (exact) mass is 381 g/mol. The van der Waals surface area contributed by atoms with Crippen LogP contribution in [0.3, 0.4) is 0 Å². The number of nitrogens with one attached hydrogen (secondary N) is 1. The molecule has 24 heavy (non-hydrogen) atoms. The Bertz CT molecular complexity index is 746. The van der Waals surface area contributed by atoms with E-state index in [2.05, 4.69) is 46.0 Å². The molecule has 4 nitrogen and oxygen atoms in total. The maximum atomic E-state index is 5.47. The number of halogens is 1. The molecular formula is C17H20ClN3OS2. The molecule has 0 amide bonds. The van der Waals surface area contributed by atoms with E-state index >= 15 is 0 Å². The molecule has 2 heterocycles. The largest absolute Gasteiger partial charge is 0.334 e. The van der Waals surface area contributed by atoms with Gasteiger partial charge in [-0.05, 0) is 37.6 Å². The van der Waals surface area contributed by atoms with Gasteiger partial charge in [0.15, 0.2) is 5.82 Å². The van der Waals surface area contributed by atoms with Gasteiger partial charge in [0.2, 0.25) is 0 Å². The number of thioether (sulfide) groups is 1. The first-order valence-electron chi connectivity index (χ1n) is 7.50. The number of rotatable bonds is 7. The van der Waals surface area contributed by atoms with Gasteiger partial charge >= 0.3 is 0 Å². The van der Waals surface area contributed by atoms with Crippen LogP contribution in [-0.4, -0.2) is 23.2 Å². The standard InChI is InChI=1S/C17H19N3OS2.ClH/c1-12(18-2)10-16-19-17(21-20-16)14-7-3-4-8-15(14)23-11-13-6-5-9-22-13;/h3-9,12,18H,10-11H2,1-2H3;1H. The Morgan fingerprint density at radius 3 is 2.83 bits per heavy atom. The van der Waals surface area contributed by atoms with E-state index in [4.69, 9.17) is 4.52 Å². The third kappa shape index (κ3) is 4.83. The molecule has 0 bridgehead atoms. The number of hydrogen-bond acceptors (Lipinski definition) is 6. The summed E-state index contributed by atoms with van der Waals surface area (Å²) in [4.78, 5) is 7.07. The number of nitrogens with zero attached hydrogens (tertiary/aromatic N) is 2. The number of benzene rings is 1. The van der Waals surface area contributed by atoms with Crippen LogP contribution in [0.4, 0.5) is 0 Å². The Labute approximate surface area is 156 Å². The Morgan fingerprint density at radius 2 is 2.08 bits per heavy atom. The lowest BCUT2D eigenvalue weighted by Crippen LogP contribution is -2.24. The molecule has 0 radical (unpaired) electrons. The molecule has 0 aliphatic rings. The third-order valence-corrected chi connectivity index (χ3v) is 5.70. The van der Waals surface area contributed by atoms with Crippen LogP contribution in [0.5, 0.6) is 0 Å². The summed E-state index contributed by atoms with van der Waals surface area (Å²) in [5, 5.41) is 9.39. The highest BCUT2D eigenvalue weighted by molar-refractivity contribution is 7.98. The first-order chi connectivity index (χ1) is 11.3. The smallest absolute Gasteiger partial charge is 0.259 e. The fraction of sp³-hybridized carbons (Fsp3) is 0.294. The lowest BCUT2D eigenvalue weighted by atomic mass is 10.2. The first-order valence-corrected chi connectivity index (χ1v) is 9.37. The van der Waals surface area contributed by atoms with E-state index in [9.17, 15) is 0 Å². The molecule has 7 heteroatoms. The van der Waals surface area contributed by atoms with Gasteiger partial charge in [-0.1, -0.05) is 23.4 Å². The van der Waals surface area contributed by atoms with E-state index in [0.717, 1.165) is 28.5 Å². The number of likely N-dealkylation sites (N-methyl/N-ethyl adjacent to an activating group) is 1. The van der Waals surface area contributed by atoms with Gasteiger partial charge in [-0.25, -0.2) is 0 Å². The molecule has 128 valence electrons. The van der Waals surface area contributed by atoms with E-state index in [0.29, 0.717) is 11.9 Å². The van der Waals surface area contributed by atoms with E-state index in [-0.39, 0.29) is 12.4 Å². The topological polar surface area (TPSA) is 51.0 Å². The minimum absolute atomic E-state index is 0. The van der Waals surface area contributed by atoms with Gasteiger partial charge < -0.3 is 9.84 Å². The van der Waals surface area contributed by atoms with E-state index < -0.39 is 0 Å². The Morgan fingerprint density at radius 1 is 1.25 bits per heavy atom. The summed E-state index contributed by atoms with van der Waals surface area (Å²) in [7, 11) is 1.93. The molecular weight excluding hydrogens is 362 g/mol. The van der Waals surface area contributed by atoms with Crippen LogP contribution in [0.15, 0.2) is 51.2 Å². The molecule has 0 spiro atoms. The van der Waals surface area contributed by atoms with Gasteiger partial charge in [0.05, 0.1) is 5.56 Å². The lowest BCUT2D eigenvalue weighted by molar-refractivity contribution is 0.417. The summed E-state index contributed by atoms with van der Waals surface area (Å²) in [6.07, 6.45) is 0.754. The highest BCUT2D eigenvalue weighted by Crippen LogP contribution is 2.33. The molecule has 1 N–H and O–H groups in total. The summed E-state index contributed by atoms with van der Waals surface area (Å²) in [5.74, 6) is 2.28. The van der Waals surface area contributed by atoms with Crippen molar-refractivity contribution in [3.05, 3.63) is 52.5 Å². The van der Waals surface area contributed by atoms with Crippen LogP contribution >= 0.6 is 35.5 Å². The molecule has 3 aromatic rings. The molecule has 0 saturated carbocycles. The molecule has 1 atom stereocenters. The second-order valence-corrected chi connectivity index (χ2v) is 7.32. The second kappa shape index (κ2) is 9.22. The van der Waals surface area contributed by atoms with Crippen LogP contribution in [-0.2, 0) is 12.2 Å². The predicted octanol–water partition coefficient (Wildman–Crippen LogP) is 4.66. The summed E-state index contributed by atoms with van der Waals surface area (Å²) >= 11 is 3.58. The highest BCUT2D eigenvalue weighted by Gasteiger charge is 2.14. The molecule has 0 aliphatic heterocycles. The van der Waals surface area contributed by atoms with Crippen LogP contribution in [0.25, 0.3) is 11.5 Å². The van der Waals surface area contributed by atoms with Gasteiger partial charge in [0.1, 0.15) is 0 Å². The minimum atomic E-state index is 0. The zero-order valence-corrected chi connectivity index (χ0v) is 16.0. The lowest BCUT2D eigenvalue weighted by Gasteiger charge is -2.05. The molecule has 0 fully saturated rings. The summed E-state index contributed by atoms with van der Waals surface area (Å²) < 4.78 is 5.47. The molecule has 1 unspecified atom stereocenters. The normalized spacial score (nSPS) is 11.9. The van der Waals surface area contributed by atoms with Crippen molar-refractivity contribution in [1.29, 1.82) is 0 Å². The molecule has 0 saturated heterocycles. The van der Waals surface area contributed by atoms with Crippen molar-refractivity contribution in [3.63, 3.8) is 0 Å². The van der Waals surface area contributed by atoms with E-state index in [1.54, 1.807) is 23.1 Å². The first kappa shape index (κ1) is 19.0.